The zero-order valence-corrected chi connectivity index (χ0v) is 11.1. The van der Waals surface area contributed by atoms with E-state index in [1.807, 2.05) is 0 Å². The Morgan fingerprint density at radius 2 is 2.35 bits per heavy atom. The van der Waals surface area contributed by atoms with Gasteiger partial charge in [0.1, 0.15) is 5.82 Å². The first kappa shape index (κ1) is 14.4. The fourth-order valence-corrected chi connectivity index (χ4v) is 2.34. The van der Waals surface area contributed by atoms with E-state index in [9.17, 15) is 14.0 Å². The highest BCUT2D eigenvalue weighted by Gasteiger charge is 2.53. The van der Waals surface area contributed by atoms with Gasteiger partial charge in [0.15, 0.2) is 11.9 Å². The van der Waals surface area contributed by atoms with Gasteiger partial charge in [-0.05, 0) is 13.0 Å². The highest BCUT2D eigenvalue weighted by molar-refractivity contribution is 5.67. The van der Waals surface area contributed by atoms with E-state index in [4.69, 9.17) is 15.6 Å². The van der Waals surface area contributed by atoms with Crippen LogP contribution in [0.1, 0.15) is 26.5 Å². The number of hydrogen-bond acceptors (Lipinski definition) is 5. The van der Waals surface area contributed by atoms with Crippen molar-refractivity contribution in [2.45, 2.75) is 38.3 Å². The fraction of sp³-hybridized carbons (Fsp3) is 0.583. The molecule has 0 aliphatic carbocycles. The third-order valence-electron chi connectivity index (χ3n) is 3.71. The molecule has 1 saturated heterocycles. The van der Waals surface area contributed by atoms with E-state index in [0.717, 1.165) is 4.57 Å². The van der Waals surface area contributed by atoms with Gasteiger partial charge in [-0.1, -0.05) is 6.92 Å². The molecule has 2 heterocycles. The number of halogens is 1. The van der Waals surface area contributed by atoms with Crippen LogP contribution >= 0.6 is 0 Å². The van der Waals surface area contributed by atoms with Crippen LogP contribution in [0.4, 0.5) is 10.2 Å². The molecule has 110 valence electrons. The van der Waals surface area contributed by atoms with Crippen LogP contribution in [0.25, 0.3) is 0 Å². The number of ether oxygens (including phenoxy) is 1. The zero-order valence-electron chi connectivity index (χ0n) is 11.1. The molecule has 1 aliphatic rings. The summed E-state index contributed by atoms with van der Waals surface area (Å²) in [6.07, 6.45) is -1.06. The van der Waals surface area contributed by atoms with Crippen molar-refractivity contribution in [2.75, 3.05) is 5.73 Å². The molecule has 4 unspecified atom stereocenters. The lowest BCUT2D eigenvalue weighted by Gasteiger charge is -2.25. The number of aliphatic carboxylic acids is 1. The molecule has 0 spiro atoms. The fourth-order valence-electron chi connectivity index (χ4n) is 2.34. The van der Waals surface area contributed by atoms with Crippen molar-refractivity contribution < 1.29 is 19.0 Å². The van der Waals surface area contributed by atoms with Gasteiger partial charge >= 0.3 is 11.7 Å². The molecule has 1 aliphatic heterocycles. The first-order valence-electron chi connectivity index (χ1n) is 6.14. The molecule has 0 bridgehead atoms. The van der Waals surface area contributed by atoms with E-state index >= 15 is 0 Å². The summed E-state index contributed by atoms with van der Waals surface area (Å²) in [5, 5.41) is 8.81. The molecule has 8 heteroatoms. The molecule has 0 radical (unpaired) electrons. The van der Waals surface area contributed by atoms with Gasteiger partial charge in [-0.25, -0.2) is 9.18 Å². The van der Waals surface area contributed by atoms with Crippen LogP contribution in [0.2, 0.25) is 0 Å². The minimum absolute atomic E-state index is 0.0277. The molecule has 1 fully saturated rings. The van der Waals surface area contributed by atoms with Crippen LogP contribution in [0, 0.1) is 5.92 Å². The zero-order chi connectivity index (χ0) is 15.1. The van der Waals surface area contributed by atoms with Crippen molar-refractivity contribution in [2.24, 2.45) is 5.92 Å². The number of carbonyl (C=O) groups is 1. The van der Waals surface area contributed by atoms with Crippen LogP contribution in [0.5, 0.6) is 0 Å². The number of aromatic nitrogens is 2. The van der Waals surface area contributed by atoms with Gasteiger partial charge < -0.3 is 15.6 Å². The number of nitrogen functional groups attached to an aromatic ring is 1. The van der Waals surface area contributed by atoms with Gasteiger partial charge in [-0.15, -0.1) is 0 Å². The minimum Gasteiger partial charge on any atom is -0.481 e. The Hall–Kier alpha value is -1.96. The average molecular weight is 285 g/mol. The van der Waals surface area contributed by atoms with Crippen molar-refractivity contribution >= 4 is 11.8 Å². The van der Waals surface area contributed by atoms with Gasteiger partial charge in [0.05, 0.1) is 12.5 Å². The predicted octanol–water partition coefficient (Wildman–Crippen LogP) is 0.562. The lowest BCUT2D eigenvalue weighted by atomic mass is 9.88. The maximum absolute atomic E-state index is 14.8. The highest BCUT2D eigenvalue weighted by atomic mass is 19.1. The summed E-state index contributed by atoms with van der Waals surface area (Å²) in [6.45, 7) is 2.84. The van der Waals surface area contributed by atoms with Crippen LogP contribution < -0.4 is 11.4 Å². The number of hydrogen-bond donors (Lipinski definition) is 2. The molecule has 0 aromatic carbocycles. The molecular formula is C12H16FN3O4. The van der Waals surface area contributed by atoms with E-state index in [0.29, 0.717) is 0 Å². The molecule has 3 N–H and O–H groups in total. The molecule has 0 amide bonds. The number of anilines is 1. The van der Waals surface area contributed by atoms with Crippen molar-refractivity contribution in [1.82, 2.24) is 9.55 Å². The van der Waals surface area contributed by atoms with Crippen molar-refractivity contribution in [1.29, 1.82) is 0 Å². The summed E-state index contributed by atoms with van der Waals surface area (Å²) < 4.78 is 21.2. The topological polar surface area (TPSA) is 107 Å². The maximum atomic E-state index is 14.8. The third-order valence-corrected chi connectivity index (χ3v) is 3.71. The SMILES string of the molecule is CC1C(CC(=O)O)OC(n2ccc(N)nc2=O)C1(C)F. The van der Waals surface area contributed by atoms with Crippen LogP contribution in [-0.4, -0.2) is 32.4 Å². The molecular weight excluding hydrogens is 269 g/mol. The second kappa shape index (κ2) is 4.86. The molecule has 4 atom stereocenters. The molecule has 1 aromatic heterocycles. The largest absolute Gasteiger partial charge is 0.481 e. The first-order valence-corrected chi connectivity index (χ1v) is 6.14. The molecule has 7 nitrogen and oxygen atoms in total. The quantitative estimate of drug-likeness (QED) is 0.840. The summed E-state index contributed by atoms with van der Waals surface area (Å²) >= 11 is 0. The van der Waals surface area contributed by atoms with Crippen molar-refractivity contribution in [3.63, 3.8) is 0 Å². The number of carboxylic acids is 1. The second-order valence-electron chi connectivity index (χ2n) is 5.11. The standard InChI is InChI=1S/C12H16FN3O4/c1-6-7(5-9(17)18)20-10(12(6,2)13)16-4-3-8(14)15-11(16)19/h3-4,6-7,10H,5H2,1-2H3,(H,17,18)(H2,14,15,19). The van der Waals surface area contributed by atoms with Crippen molar-refractivity contribution in [3.8, 4) is 0 Å². The molecule has 0 saturated carbocycles. The van der Waals surface area contributed by atoms with E-state index in [-0.39, 0.29) is 12.2 Å². The van der Waals surface area contributed by atoms with Gasteiger partial charge in [0.25, 0.3) is 0 Å². The molecule has 1 aromatic rings. The third kappa shape index (κ3) is 2.38. The Labute approximate surface area is 114 Å². The summed E-state index contributed by atoms with van der Waals surface area (Å²) in [5.41, 5.74) is 2.76. The van der Waals surface area contributed by atoms with E-state index in [1.54, 1.807) is 6.92 Å². The Bertz CT molecular complexity index is 586. The van der Waals surface area contributed by atoms with Crippen LogP contribution in [0.3, 0.4) is 0 Å². The Morgan fingerprint density at radius 3 is 2.90 bits per heavy atom. The summed E-state index contributed by atoms with van der Waals surface area (Å²) in [5.74, 6) is -1.73. The number of rotatable bonds is 3. The highest BCUT2D eigenvalue weighted by Crippen LogP contribution is 2.45. The average Bonchev–Trinajstić information content (AvgIpc) is 2.53. The summed E-state index contributed by atoms with van der Waals surface area (Å²) in [6, 6.07) is 1.36. The lowest BCUT2D eigenvalue weighted by Crippen LogP contribution is -2.38. The van der Waals surface area contributed by atoms with Gasteiger partial charge in [0, 0.05) is 12.1 Å². The molecule has 2 rings (SSSR count). The minimum atomic E-state index is -1.89. The molecule has 20 heavy (non-hydrogen) atoms. The van der Waals surface area contributed by atoms with Gasteiger partial charge in [0.2, 0.25) is 0 Å². The van der Waals surface area contributed by atoms with Gasteiger partial charge in [-0.3, -0.25) is 9.36 Å². The smallest absolute Gasteiger partial charge is 0.351 e. The van der Waals surface area contributed by atoms with Gasteiger partial charge in [-0.2, -0.15) is 4.98 Å². The Balaban J connectivity index is 2.36. The van der Waals surface area contributed by atoms with E-state index in [1.165, 1.54) is 19.2 Å². The van der Waals surface area contributed by atoms with E-state index < -0.39 is 35.6 Å². The van der Waals surface area contributed by atoms with Crippen molar-refractivity contribution in [3.05, 3.63) is 22.7 Å². The van der Waals surface area contributed by atoms with Crippen LogP contribution in [0.15, 0.2) is 17.1 Å². The second-order valence-corrected chi connectivity index (χ2v) is 5.11. The normalized spacial score (nSPS) is 33.2. The number of nitrogens with zero attached hydrogens (tertiary/aromatic N) is 2. The Morgan fingerprint density at radius 1 is 1.70 bits per heavy atom. The first-order chi connectivity index (χ1) is 9.23. The summed E-state index contributed by atoms with van der Waals surface area (Å²) in [4.78, 5) is 26.0. The number of nitrogens with two attached hydrogens (primary N) is 1. The maximum Gasteiger partial charge on any atom is 0.351 e. The number of carboxylic acid groups (broad SMARTS) is 1. The summed E-state index contributed by atoms with van der Waals surface area (Å²) in [7, 11) is 0. The van der Waals surface area contributed by atoms with E-state index in [2.05, 4.69) is 4.98 Å². The van der Waals surface area contributed by atoms with Crippen LogP contribution in [-0.2, 0) is 9.53 Å². The monoisotopic (exact) mass is 285 g/mol. The lowest BCUT2D eigenvalue weighted by molar-refractivity contribution is -0.141. The Kier molecular flexibility index (Phi) is 3.51. The number of alkyl halides is 1. The predicted molar refractivity (Wildman–Crippen MR) is 67.7 cm³/mol.